The molecule has 0 fully saturated rings. The number of methoxy groups -OCH3 is 1. The quantitative estimate of drug-likeness (QED) is 0.711. The van der Waals surface area contributed by atoms with Crippen LogP contribution in [0, 0.1) is 0 Å². The molecule has 0 spiro atoms. The predicted molar refractivity (Wildman–Crippen MR) is 79.2 cm³/mol. The van der Waals surface area contributed by atoms with E-state index in [1.807, 2.05) is 0 Å². The molecule has 8 nitrogen and oxygen atoms in total. The lowest BCUT2D eigenvalue weighted by Crippen LogP contribution is -2.16. The number of nitrogens with one attached hydrogen (secondary N) is 1. The Balaban J connectivity index is 1.85. The summed E-state index contributed by atoms with van der Waals surface area (Å²) in [5.74, 6) is 0.826. The number of ether oxygens (including phenoxy) is 1. The average molecular weight is 308 g/mol. The fraction of sp³-hybridized carbons (Fsp3) is 0.333. The minimum Gasteiger partial charge on any atom is -0.497 e. The van der Waals surface area contributed by atoms with Gasteiger partial charge in [-0.25, -0.2) is 4.68 Å². The zero-order chi connectivity index (χ0) is 15.1. The number of aromatic nitrogens is 4. The van der Waals surface area contributed by atoms with Crippen molar-refractivity contribution in [1.82, 2.24) is 20.2 Å². The second-order valence-electron chi connectivity index (χ2n) is 4.04. The van der Waals surface area contributed by atoms with Crippen molar-refractivity contribution in [3.63, 3.8) is 0 Å². The van der Waals surface area contributed by atoms with Crippen molar-refractivity contribution in [3.05, 3.63) is 24.3 Å². The maximum absolute atomic E-state index is 11.9. The number of hydrogen-bond donors (Lipinski definition) is 2. The second-order valence-corrected chi connectivity index (χ2v) is 4.98. The topological polar surface area (TPSA) is 108 Å². The van der Waals surface area contributed by atoms with E-state index in [1.54, 1.807) is 36.1 Å². The van der Waals surface area contributed by atoms with Crippen LogP contribution in [0.3, 0.4) is 0 Å². The monoisotopic (exact) mass is 308 g/mol. The zero-order valence-corrected chi connectivity index (χ0v) is 12.3. The number of tetrazole rings is 1. The Bertz CT molecular complexity index is 586. The molecule has 0 unspecified atom stereocenters. The molecule has 9 heteroatoms. The summed E-state index contributed by atoms with van der Waals surface area (Å²) in [5, 5.41) is 14.6. The van der Waals surface area contributed by atoms with Gasteiger partial charge in [-0.3, -0.25) is 4.79 Å². The third kappa shape index (κ3) is 4.43. The maximum Gasteiger partial charge on any atom is 0.234 e. The molecule has 1 aromatic carbocycles. The molecule has 0 aliphatic rings. The van der Waals surface area contributed by atoms with Crippen molar-refractivity contribution >= 4 is 23.4 Å². The number of amides is 1. The summed E-state index contributed by atoms with van der Waals surface area (Å²) < 4.78 is 6.63. The van der Waals surface area contributed by atoms with E-state index in [-0.39, 0.29) is 11.7 Å². The van der Waals surface area contributed by atoms with Crippen LogP contribution in [0.25, 0.3) is 0 Å². The van der Waals surface area contributed by atoms with Crippen LogP contribution in [0.15, 0.2) is 29.4 Å². The molecule has 2 rings (SSSR count). The molecule has 1 amide bonds. The Kier molecular flexibility index (Phi) is 5.52. The van der Waals surface area contributed by atoms with Crippen molar-refractivity contribution in [3.8, 4) is 5.75 Å². The molecule has 1 heterocycles. The Morgan fingerprint density at radius 2 is 2.19 bits per heavy atom. The van der Waals surface area contributed by atoms with Crippen LogP contribution in [0.1, 0.15) is 0 Å². The minimum absolute atomic E-state index is 0.132. The number of rotatable bonds is 7. The molecule has 0 saturated carbocycles. The zero-order valence-electron chi connectivity index (χ0n) is 11.5. The van der Waals surface area contributed by atoms with Crippen LogP contribution in [0.4, 0.5) is 5.69 Å². The highest BCUT2D eigenvalue weighted by Crippen LogP contribution is 2.17. The molecule has 21 heavy (non-hydrogen) atoms. The number of nitrogens with two attached hydrogens (primary N) is 1. The predicted octanol–water partition coefficient (Wildman–Crippen LogP) is 0.371. The van der Waals surface area contributed by atoms with Gasteiger partial charge in [-0.1, -0.05) is 11.8 Å². The first kappa shape index (κ1) is 15.3. The number of carbonyl (C=O) groups excluding carboxylic acids is 1. The van der Waals surface area contributed by atoms with E-state index in [1.165, 1.54) is 11.8 Å². The second kappa shape index (κ2) is 7.60. The summed E-state index contributed by atoms with van der Waals surface area (Å²) >= 11 is 1.26. The molecule has 0 radical (unpaired) electrons. The van der Waals surface area contributed by atoms with Gasteiger partial charge in [-0.15, -0.1) is 5.10 Å². The Morgan fingerprint density at radius 3 is 2.86 bits per heavy atom. The molecular formula is C12H16N6O2S. The lowest BCUT2D eigenvalue weighted by molar-refractivity contribution is -0.113. The van der Waals surface area contributed by atoms with Gasteiger partial charge in [0, 0.05) is 12.2 Å². The molecular weight excluding hydrogens is 292 g/mol. The number of benzene rings is 1. The van der Waals surface area contributed by atoms with Crippen LogP contribution in [0.5, 0.6) is 5.75 Å². The summed E-state index contributed by atoms with van der Waals surface area (Å²) in [6, 6.07) is 7.12. The smallest absolute Gasteiger partial charge is 0.234 e. The molecule has 112 valence electrons. The lowest BCUT2D eigenvalue weighted by atomic mass is 10.3. The third-order valence-corrected chi connectivity index (χ3v) is 3.50. The van der Waals surface area contributed by atoms with E-state index in [2.05, 4.69) is 20.8 Å². The summed E-state index contributed by atoms with van der Waals surface area (Å²) in [5.41, 5.74) is 6.17. The van der Waals surface area contributed by atoms with Crippen molar-refractivity contribution in [1.29, 1.82) is 0 Å². The van der Waals surface area contributed by atoms with Crippen LogP contribution in [-0.4, -0.2) is 45.5 Å². The maximum atomic E-state index is 11.9. The molecule has 2 aromatic rings. The Morgan fingerprint density at radius 1 is 1.43 bits per heavy atom. The van der Waals surface area contributed by atoms with E-state index in [9.17, 15) is 4.79 Å². The minimum atomic E-state index is -0.132. The van der Waals surface area contributed by atoms with Crippen LogP contribution in [0.2, 0.25) is 0 Å². The Hall–Kier alpha value is -2.13. The molecule has 0 saturated heterocycles. The first-order valence-electron chi connectivity index (χ1n) is 6.26. The molecule has 0 bridgehead atoms. The number of carbonyl (C=O) groups is 1. The van der Waals surface area contributed by atoms with E-state index < -0.39 is 0 Å². The fourth-order valence-corrected chi connectivity index (χ4v) is 2.27. The standard InChI is InChI=1S/C12H16N6O2S/c1-20-10-4-2-9(3-5-10)14-11(19)8-21-12-15-16-17-18(12)7-6-13/h2-5H,6-8,13H2,1H3,(H,14,19). The van der Waals surface area contributed by atoms with Gasteiger partial charge in [0.05, 0.1) is 19.4 Å². The van der Waals surface area contributed by atoms with Gasteiger partial charge in [0.2, 0.25) is 11.1 Å². The Labute approximate surface area is 126 Å². The van der Waals surface area contributed by atoms with E-state index in [4.69, 9.17) is 10.5 Å². The van der Waals surface area contributed by atoms with Gasteiger partial charge in [-0.2, -0.15) is 0 Å². The van der Waals surface area contributed by atoms with E-state index >= 15 is 0 Å². The molecule has 0 aliphatic carbocycles. The summed E-state index contributed by atoms with van der Waals surface area (Å²) in [6.45, 7) is 0.964. The molecule has 3 N–H and O–H groups in total. The summed E-state index contributed by atoms with van der Waals surface area (Å²) in [4.78, 5) is 11.9. The van der Waals surface area contributed by atoms with Gasteiger partial charge in [0.1, 0.15) is 5.75 Å². The van der Waals surface area contributed by atoms with Gasteiger partial charge >= 0.3 is 0 Å². The molecule has 1 aromatic heterocycles. The van der Waals surface area contributed by atoms with Crippen molar-refractivity contribution in [2.24, 2.45) is 5.73 Å². The van der Waals surface area contributed by atoms with Crippen LogP contribution >= 0.6 is 11.8 Å². The van der Waals surface area contributed by atoms with Gasteiger partial charge < -0.3 is 15.8 Å². The summed E-state index contributed by atoms with van der Waals surface area (Å²) in [6.07, 6.45) is 0. The molecule has 0 aliphatic heterocycles. The number of hydrogen-bond acceptors (Lipinski definition) is 7. The highest BCUT2D eigenvalue weighted by atomic mass is 32.2. The van der Waals surface area contributed by atoms with Crippen LogP contribution < -0.4 is 15.8 Å². The number of nitrogens with zero attached hydrogens (tertiary/aromatic N) is 4. The van der Waals surface area contributed by atoms with Crippen molar-refractivity contribution in [2.75, 3.05) is 24.7 Å². The lowest BCUT2D eigenvalue weighted by Gasteiger charge is -2.06. The third-order valence-electron chi connectivity index (χ3n) is 2.55. The normalized spacial score (nSPS) is 10.4. The van der Waals surface area contributed by atoms with Crippen LogP contribution in [-0.2, 0) is 11.3 Å². The van der Waals surface area contributed by atoms with E-state index in [0.29, 0.717) is 23.9 Å². The first-order valence-corrected chi connectivity index (χ1v) is 7.24. The largest absolute Gasteiger partial charge is 0.497 e. The fourth-order valence-electron chi connectivity index (χ4n) is 1.56. The van der Waals surface area contributed by atoms with Gasteiger partial charge in [0.15, 0.2) is 0 Å². The highest BCUT2D eigenvalue weighted by molar-refractivity contribution is 7.99. The van der Waals surface area contributed by atoms with Crippen molar-refractivity contribution in [2.45, 2.75) is 11.7 Å². The van der Waals surface area contributed by atoms with Crippen molar-refractivity contribution < 1.29 is 9.53 Å². The van der Waals surface area contributed by atoms with Gasteiger partial charge in [0.25, 0.3) is 0 Å². The number of anilines is 1. The first-order chi connectivity index (χ1) is 10.2. The summed E-state index contributed by atoms with van der Waals surface area (Å²) in [7, 11) is 1.59. The average Bonchev–Trinajstić information content (AvgIpc) is 2.94. The van der Waals surface area contributed by atoms with E-state index in [0.717, 1.165) is 5.75 Å². The van der Waals surface area contributed by atoms with Gasteiger partial charge in [-0.05, 0) is 34.7 Å². The molecule has 0 atom stereocenters. The number of thioether (sulfide) groups is 1. The highest BCUT2D eigenvalue weighted by Gasteiger charge is 2.09. The SMILES string of the molecule is COc1ccc(NC(=O)CSc2nnnn2CCN)cc1.